The summed E-state index contributed by atoms with van der Waals surface area (Å²) < 4.78 is 5.20. The van der Waals surface area contributed by atoms with Crippen LogP contribution in [-0.2, 0) is 9.53 Å². The minimum absolute atomic E-state index is 0.534. The quantitative estimate of drug-likeness (QED) is 0.545. The summed E-state index contributed by atoms with van der Waals surface area (Å²) in [5.41, 5.74) is -0.759. The average molecular weight is 230 g/mol. The molecule has 0 saturated carbocycles. The second-order valence-electron chi connectivity index (χ2n) is 4.13. The van der Waals surface area contributed by atoms with Crippen LogP contribution >= 0.6 is 0 Å². The second kappa shape index (κ2) is 6.83. The Balaban J connectivity index is 2.30. The van der Waals surface area contributed by atoms with Crippen molar-refractivity contribution in [2.75, 3.05) is 32.8 Å². The van der Waals surface area contributed by atoms with Crippen LogP contribution in [0, 0.1) is 0 Å². The predicted octanol–water partition coefficient (Wildman–Crippen LogP) is 0.209. The van der Waals surface area contributed by atoms with Gasteiger partial charge in [0.1, 0.15) is 5.54 Å². The van der Waals surface area contributed by atoms with E-state index in [1.807, 2.05) is 0 Å². The maximum absolute atomic E-state index is 11.3. The molecule has 3 N–H and O–H groups in total. The Bertz CT molecular complexity index is 215. The first-order valence-electron chi connectivity index (χ1n) is 5.98. The van der Waals surface area contributed by atoms with Crippen molar-refractivity contribution in [1.29, 1.82) is 0 Å². The molecule has 0 atom stereocenters. The number of carboxylic acids is 1. The van der Waals surface area contributed by atoms with E-state index in [9.17, 15) is 9.90 Å². The smallest absolute Gasteiger partial charge is 0.324 e. The Labute approximate surface area is 96.6 Å². The molecule has 0 aromatic rings. The van der Waals surface area contributed by atoms with Crippen LogP contribution in [0.2, 0.25) is 0 Å². The fourth-order valence-corrected chi connectivity index (χ4v) is 1.90. The van der Waals surface area contributed by atoms with Crippen molar-refractivity contribution in [3.05, 3.63) is 0 Å². The van der Waals surface area contributed by atoms with Crippen molar-refractivity contribution >= 4 is 5.97 Å². The minimum atomic E-state index is -0.759. The van der Waals surface area contributed by atoms with Crippen LogP contribution in [0.1, 0.15) is 26.2 Å². The van der Waals surface area contributed by atoms with Gasteiger partial charge in [-0.1, -0.05) is 6.92 Å². The summed E-state index contributed by atoms with van der Waals surface area (Å²) in [6.07, 6.45) is 2.07. The lowest BCUT2D eigenvalue weighted by molar-refractivity contribution is -0.149. The van der Waals surface area contributed by atoms with Crippen LogP contribution in [0.5, 0.6) is 0 Å². The molecule has 94 valence electrons. The van der Waals surface area contributed by atoms with E-state index in [0.717, 1.165) is 26.1 Å². The van der Waals surface area contributed by atoms with Gasteiger partial charge >= 0.3 is 5.97 Å². The van der Waals surface area contributed by atoms with Crippen molar-refractivity contribution in [3.63, 3.8) is 0 Å². The normalized spacial score (nSPS) is 19.6. The highest BCUT2D eigenvalue weighted by atomic mass is 16.5. The second-order valence-corrected chi connectivity index (χ2v) is 4.13. The van der Waals surface area contributed by atoms with E-state index in [2.05, 4.69) is 17.6 Å². The van der Waals surface area contributed by atoms with Gasteiger partial charge in [-0.2, -0.15) is 0 Å². The number of carbonyl (C=O) groups is 1. The fourth-order valence-electron chi connectivity index (χ4n) is 1.90. The number of carboxylic acid groups (broad SMARTS) is 1. The Kier molecular flexibility index (Phi) is 5.73. The molecule has 5 nitrogen and oxygen atoms in total. The lowest BCUT2D eigenvalue weighted by atomic mass is 9.90. The van der Waals surface area contributed by atoms with Gasteiger partial charge in [-0.15, -0.1) is 0 Å². The van der Waals surface area contributed by atoms with Crippen LogP contribution in [-0.4, -0.2) is 49.5 Å². The van der Waals surface area contributed by atoms with Gasteiger partial charge in [-0.05, 0) is 38.9 Å². The van der Waals surface area contributed by atoms with Gasteiger partial charge in [0.25, 0.3) is 0 Å². The molecule has 1 rings (SSSR count). The first kappa shape index (κ1) is 13.4. The summed E-state index contributed by atoms with van der Waals surface area (Å²) in [5, 5.41) is 15.6. The van der Waals surface area contributed by atoms with Crippen LogP contribution in [0.3, 0.4) is 0 Å². The Morgan fingerprint density at radius 2 is 2.06 bits per heavy atom. The van der Waals surface area contributed by atoms with Crippen molar-refractivity contribution in [3.8, 4) is 0 Å². The predicted molar refractivity (Wildman–Crippen MR) is 61.6 cm³/mol. The van der Waals surface area contributed by atoms with Crippen LogP contribution in [0.25, 0.3) is 0 Å². The molecule has 1 aliphatic heterocycles. The first-order valence-corrected chi connectivity index (χ1v) is 5.98. The number of hydrogen-bond acceptors (Lipinski definition) is 4. The van der Waals surface area contributed by atoms with Crippen molar-refractivity contribution in [2.24, 2.45) is 0 Å². The van der Waals surface area contributed by atoms with Crippen LogP contribution in [0.4, 0.5) is 0 Å². The summed E-state index contributed by atoms with van der Waals surface area (Å²) in [5.74, 6) is -0.751. The molecular weight excluding hydrogens is 208 g/mol. The Morgan fingerprint density at radius 1 is 1.38 bits per heavy atom. The van der Waals surface area contributed by atoms with Crippen molar-refractivity contribution in [1.82, 2.24) is 10.6 Å². The maximum Gasteiger partial charge on any atom is 0.324 e. The topological polar surface area (TPSA) is 70.6 Å². The monoisotopic (exact) mass is 230 g/mol. The molecule has 0 radical (unpaired) electrons. The van der Waals surface area contributed by atoms with E-state index >= 15 is 0 Å². The maximum atomic E-state index is 11.3. The molecule has 0 aromatic carbocycles. The van der Waals surface area contributed by atoms with Gasteiger partial charge in [0.05, 0.1) is 0 Å². The molecule has 0 amide bonds. The van der Waals surface area contributed by atoms with Gasteiger partial charge in [-0.25, -0.2) is 0 Å². The van der Waals surface area contributed by atoms with Crippen molar-refractivity contribution < 1.29 is 14.6 Å². The van der Waals surface area contributed by atoms with Gasteiger partial charge in [0.2, 0.25) is 0 Å². The molecule has 1 fully saturated rings. The molecule has 0 spiro atoms. The van der Waals surface area contributed by atoms with E-state index in [1.54, 1.807) is 0 Å². The van der Waals surface area contributed by atoms with Crippen LogP contribution in [0.15, 0.2) is 0 Å². The highest BCUT2D eigenvalue weighted by molar-refractivity contribution is 5.78. The SMILES string of the molecule is CCNCCCNC1(C(=O)O)CCOCC1. The number of hydrogen-bond donors (Lipinski definition) is 3. The highest BCUT2D eigenvalue weighted by Crippen LogP contribution is 2.20. The molecular formula is C11H22N2O3. The van der Waals surface area contributed by atoms with Gasteiger partial charge in [-0.3, -0.25) is 4.79 Å². The zero-order valence-corrected chi connectivity index (χ0v) is 9.92. The molecule has 0 unspecified atom stereocenters. The molecule has 0 aliphatic carbocycles. The van der Waals surface area contributed by atoms with Gasteiger partial charge in [0.15, 0.2) is 0 Å². The Morgan fingerprint density at radius 3 is 2.62 bits per heavy atom. The zero-order valence-electron chi connectivity index (χ0n) is 9.92. The minimum Gasteiger partial charge on any atom is -0.480 e. The number of aliphatic carboxylic acids is 1. The standard InChI is InChI=1S/C11H22N2O3/c1-2-12-6-3-7-13-11(10(14)15)4-8-16-9-5-11/h12-13H,2-9H2,1H3,(H,14,15). The lowest BCUT2D eigenvalue weighted by Gasteiger charge is -2.34. The molecule has 1 heterocycles. The van der Waals surface area contributed by atoms with E-state index < -0.39 is 11.5 Å². The molecule has 0 bridgehead atoms. The van der Waals surface area contributed by atoms with Crippen LogP contribution < -0.4 is 10.6 Å². The molecule has 1 saturated heterocycles. The molecule has 5 heteroatoms. The third-order valence-corrected chi connectivity index (χ3v) is 3.00. The first-order chi connectivity index (χ1) is 7.71. The lowest BCUT2D eigenvalue weighted by Crippen LogP contribution is -2.55. The number of rotatable bonds is 7. The third kappa shape index (κ3) is 3.73. The van der Waals surface area contributed by atoms with Crippen molar-refractivity contribution in [2.45, 2.75) is 31.7 Å². The van der Waals surface area contributed by atoms with E-state index in [1.165, 1.54) is 0 Å². The van der Waals surface area contributed by atoms with E-state index in [4.69, 9.17) is 4.74 Å². The van der Waals surface area contributed by atoms with E-state index in [0.29, 0.717) is 26.1 Å². The summed E-state index contributed by atoms with van der Waals surface area (Å²) >= 11 is 0. The van der Waals surface area contributed by atoms with Gasteiger partial charge < -0.3 is 20.5 Å². The van der Waals surface area contributed by atoms with Gasteiger partial charge in [0, 0.05) is 13.2 Å². The fraction of sp³-hybridized carbons (Fsp3) is 0.909. The average Bonchev–Trinajstić information content (AvgIpc) is 2.30. The highest BCUT2D eigenvalue weighted by Gasteiger charge is 2.39. The summed E-state index contributed by atoms with van der Waals surface area (Å²) in [7, 11) is 0. The summed E-state index contributed by atoms with van der Waals surface area (Å²) in [6.45, 7) is 5.75. The zero-order chi connectivity index (χ0) is 11.9. The number of ether oxygens (including phenoxy) is 1. The largest absolute Gasteiger partial charge is 0.480 e. The summed E-state index contributed by atoms with van der Waals surface area (Å²) in [6, 6.07) is 0. The molecule has 16 heavy (non-hydrogen) atoms. The summed E-state index contributed by atoms with van der Waals surface area (Å²) in [4.78, 5) is 11.3. The van der Waals surface area contributed by atoms with E-state index in [-0.39, 0.29) is 0 Å². The Hall–Kier alpha value is -0.650. The third-order valence-electron chi connectivity index (χ3n) is 3.00. The molecule has 0 aromatic heterocycles. The number of nitrogens with one attached hydrogen (secondary N) is 2. The molecule has 1 aliphatic rings.